The molecule has 0 saturated heterocycles. The summed E-state index contributed by atoms with van der Waals surface area (Å²) in [5.41, 5.74) is 22.0. The Morgan fingerprint density at radius 2 is 1.06 bits per heavy atom. The maximum atomic E-state index is 11.7. The highest BCUT2D eigenvalue weighted by atomic mass is 16.5. The third kappa shape index (κ3) is 1.03. The molecule has 0 bridgehead atoms. The maximum absolute atomic E-state index is 11.7. The smallest absolute Gasteiger partial charge is 0.367 e. The van der Waals surface area contributed by atoms with Gasteiger partial charge in [-0.05, 0) is 12.1 Å². The first-order valence-corrected chi connectivity index (χ1v) is 4.32. The van der Waals surface area contributed by atoms with E-state index in [4.69, 9.17) is 22.9 Å². The van der Waals surface area contributed by atoms with Crippen LogP contribution < -0.4 is 32.4 Å². The van der Waals surface area contributed by atoms with Crippen LogP contribution >= 0.6 is 0 Å². The Bertz CT molecular complexity index is 545. The largest absolute Gasteiger partial charge is 0.710 e. The summed E-state index contributed by atoms with van der Waals surface area (Å²) in [6.45, 7) is 0. The van der Waals surface area contributed by atoms with E-state index in [1.807, 2.05) is 0 Å². The van der Waals surface area contributed by atoms with E-state index in [1.165, 1.54) is 12.1 Å². The summed E-state index contributed by atoms with van der Waals surface area (Å²) in [5, 5.41) is 23.4. The number of hydrogen-bond acceptors (Lipinski definition) is 6. The lowest BCUT2D eigenvalue weighted by atomic mass is 10.2. The van der Waals surface area contributed by atoms with Crippen LogP contribution in [-0.2, 0) is 0 Å². The van der Waals surface area contributed by atoms with Crippen LogP contribution in [0.3, 0.4) is 0 Å². The molecule has 0 aliphatic heterocycles. The highest BCUT2D eigenvalue weighted by molar-refractivity contribution is 5.91. The van der Waals surface area contributed by atoms with E-state index in [9.17, 15) is 10.4 Å². The molecule has 0 unspecified atom stereocenters. The van der Waals surface area contributed by atoms with E-state index < -0.39 is 11.6 Å². The molecule has 0 radical (unpaired) electrons. The zero-order valence-corrected chi connectivity index (χ0v) is 8.18. The molecule has 0 aliphatic carbocycles. The van der Waals surface area contributed by atoms with Gasteiger partial charge in [0.2, 0.25) is 11.0 Å². The fraction of sp³-hybridized carbons (Fsp3) is 0. The highest BCUT2D eigenvalue weighted by Gasteiger charge is 2.22. The molecule has 8 nitrogen and oxygen atoms in total. The monoisotopic (exact) mass is 222 g/mol. The quantitative estimate of drug-likeness (QED) is 0.239. The summed E-state index contributed by atoms with van der Waals surface area (Å²) in [6, 6.07) is 2.84. The van der Waals surface area contributed by atoms with Gasteiger partial charge in [-0.1, -0.05) is 0 Å². The molecule has 0 saturated carbocycles. The minimum atomic E-state index is -0.403. The van der Waals surface area contributed by atoms with Crippen molar-refractivity contribution in [2.45, 2.75) is 0 Å². The average Bonchev–Trinajstić information content (AvgIpc) is 2.26. The average molecular weight is 222 g/mol. The van der Waals surface area contributed by atoms with Crippen molar-refractivity contribution in [1.29, 1.82) is 0 Å². The van der Waals surface area contributed by atoms with E-state index in [0.717, 1.165) is 0 Å². The van der Waals surface area contributed by atoms with Gasteiger partial charge in [0.05, 0.1) is 11.4 Å². The molecule has 0 amide bonds. The lowest BCUT2D eigenvalue weighted by Crippen LogP contribution is -2.44. The number of fused-ring (bicyclic) bond motifs is 1. The number of nitrogen functional groups attached to an aromatic ring is 4. The predicted molar refractivity (Wildman–Crippen MR) is 59.5 cm³/mol. The second-order valence-electron chi connectivity index (χ2n) is 3.30. The Hall–Kier alpha value is -2.64. The molecule has 2 aromatic rings. The first kappa shape index (κ1) is 9.90. The fourth-order valence-corrected chi connectivity index (χ4v) is 1.49. The summed E-state index contributed by atoms with van der Waals surface area (Å²) in [5.74, 6) is -0.806. The van der Waals surface area contributed by atoms with Gasteiger partial charge >= 0.3 is 11.6 Å². The molecule has 1 aromatic carbocycles. The summed E-state index contributed by atoms with van der Waals surface area (Å²) >= 11 is 0. The lowest BCUT2D eigenvalue weighted by molar-refractivity contribution is -0.606. The van der Waals surface area contributed by atoms with Crippen LogP contribution in [-0.4, -0.2) is 0 Å². The molecule has 2 rings (SSSR count). The molecule has 0 spiro atoms. The van der Waals surface area contributed by atoms with Crippen LogP contribution in [0.2, 0.25) is 0 Å². The van der Waals surface area contributed by atoms with Crippen LogP contribution in [0.15, 0.2) is 12.1 Å². The van der Waals surface area contributed by atoms with Crippen molar-refractivity contribution in [2.24, 2.45) is 0 Å². The molecular weight excluding hydrogens is 212 g/mol. The number of nitrogens with two attached hydrogens (primary N) is 4. The summed E-state index contributed by atoms with van der Waals surface area (Å²) in [7, 11) is 0. The van der Waals surface area contributed by atoms with E-state index >= 15 is 0 Å². The van der Waals surface area contributed by atoms with E-state index in [1.54, 1.807) is 0 Å². The third-order valence-electron chi connectivity index (χ3n) is 2.32. The zero-order valence-electron chi connectivity index (χ0n) is 8.18. The van der Waals surface area contributed by atoms with E-state index in [2.05, 4.69) is 0 Å². The van der Waals surface area contributed by atoms with Gasteiger partial charge in [0.25, 0.3) is 0 Å². The Morgan fingerprint density at radius 3 is 1.38 bits per heavy atom. The second kappa shape index (κ2) is 2.92. The molecule has 16 heavy (non-hydrogen) atoms. The number of nitrogens with zero attached hydrogens (tertiary/aromatic N) is 2. The number of aromatic nitrogens is 2. The van der Waals surface area contributed by atoms with Crippen molar-refractivity contribution < 1.29 is 9.46 Å². The molecule has 0 aliphatic rings. The Labute approximate surface area is 89.8 Å². The summed E-state index contributed by atoms with van der Waals surface area (Å²) < 4.78 is 0.593. The first-order chi connectivity index (χ1) is 7.45. The van der Waals surface area contributed by atoms with Gasteiger partial charge in [-0.25, -0.2) is 9.46 Å². The summed E-state index contributed by atoms with van der Waals surface area (Å²) in [6.07, 6.45) is 0. The topological polar surface area (TPSA) is 158 Å². The standard InChI is InChI=1S/C8H10N6O2/c9-3-1-2-4(10)6-5(3)13(15)7(11)8(12)14(6)16/h1-2H,9-12H2. The van der Waals surface area contributed by atoms with Crippen molar-refractivity contribution in [3.63, 3.8) is 0 Å². The van der Waals surface area contributed by atoms with Crippen molar-refractivity contribution in [1.82, 2.24) is 0 Å². The Kier molecular flexibility index (Phi) is 1.81. The molecular formula is C8H10N6O2. The van der Waals surface area contributed by atoms with Gasteiger partial charge in [0.15, 0.2) is 0 Å². The molecule has 0 fully saturated rings. The number of benzene rings is 1. The van der Waals surface area contributed by atoms with E-state index in [-0.39, 0.29) is 22.4 Å². The van der Waals surface area contributed by atoms with Crippen molar-refractivity contribution in [3.05, 3.63) is 22.5 Å². The van der Waals surface area contributed by atoms with Crippen LogP contribution in [0, 0.1) is 10.4 Å². The number of rotatable bonds is 0. The van der Waals surface area contributed by atoms with Crippen LogP contribution in [0.4, 0.5) is 23.0 Å². The Morgan fingerprint density at radius 1 is 0.750 bits per heavy atom. The molecule has 1 aromatic heterocycles. The minimum Gasteiger partial charge on any atom is -0.710 e. The summed E-state index contributed by atoms with van der Waals surface area (Å²) in [4.78, 5) is 0. The lowest BCUT2D eigenvalue weighted by Gasteiger charge is -2.16. The van der Waals surface area contributed by atoms with Gasteiger partial charge in [-0.2, -0.15) is 0 Å². The van der Waals surface area contributed by atoms with Crippen molar-refractivity contribution in [3.8, 4) is 0 Å². The number of hydrogen-bond donors (Lipinski definition) is 4. The molecule has 8 N–H and O–H groups in total. The Balaban J connectivity index is 3.14. The minimum absolute atomic E-state index is 0.0818. The maximum Gasteiger partial charge on any atom is 0.367 e. The third-order valence-corrected chi connectivity index (χ3v) is 2.32. The second-order valence-corrected chi connectivity index (χ2v) is 3.30. The van der Waals surface area contributed by atoms with Gasteiger partial charge in [0, 0.05) is 0 Å². The van der Waals surface area contributed by atoms with Gasteiger partial charge in [-0.15, -0.1) is 0 Å². The molecule has 1 heterocycles. The SMILES string of the molecule is Nc1ccc(N)c2c1[n+]([O-])c(N)c(N)[n+]2[O-]. The zero-order chi connectivity index (χ0) is 12.0. The van der Waals surface area contributed by atoms with Crippen LogP contribution in [0.5, 0.6) is 0 Å². The van der Waals surface area contributed by atoms with E-state index in [0.29, 0.717) is 9.46 Å². The van der Waals surface area contributed by atoms with Gasteiger partial charge < -0.3 is 21.9 Å². The van der Waals surface area contributed by atoms with Crippen LogP contribution in [0.1, 0.15) is 0 Å². The normalized spacial score (nSPS) is 10.8. The number of anilines is 4. The highest BCUT2D eigenvalue weighted by Crippen LogP contribution is 2.22. The molecule has 84 valence electrons. The first-order valence-electron chi connectivity index (χ1n) is 4.32. The van der Waals surface area contributed by atoms with Crippen molar-refractivity contribution >= 4 is 34.0 Å². The van der Waals surface area contributed by atoms with Gasteiger partial charge in [0.1, 0.15) is 0 Å². The van der Waals surface area contributed by atoms with Crippen molar-refractivity contribution in [2.75, 3.05) is 22.9 Å². The predicted octanol–water partition coefficient (Wildman–Crippen LogP) is -1.56. The fourth-order valence-electron chi connectivity index (χ4n) is 1.49. The molecule has 8 heteroatoms. The molecule has 0 atom stereocenters. The van der Waals surface area contributed by atoms with Gasteiger partial charge in [-0.3, -0.25) is 11.5 Å². The van der Waals surface area contributed by atoms with Crippen LogP contribution in [0.25, 0.3) is 11.0 Å².